The molecule has 2 nitrogen and oxygen atoms in total. The minimum Gasteiger partial charge on any atom is -0.223 e. The van der Waals surface area contributed by atoms with E-state index in [9.17, 15) is 0 Å². The second kappa shape index (κ2) is 5.86. The molecule has 0 aliphatic rings. The first-order chi connectivity index (χ1) is 10.3. The standard InChI is InChI=1S/C18H18BrN2/c1-3-13-21-17-8-6-5-7-16(17)20(4-2)18(21)14-9-11-15(19)12-10-14/h3,5-12H,1,4,13H2,2H3/q+1. The molecule has 0 saturated heterocycles. The Balaban J connectivity index is 2.35. The second-order valence-corrected chi connectivity index (χ2v) is 5.88. The molecule has 0 saturated carbocycles. The maximum Gasteiger partial charge on any atom is 0.290 e. The van der Waals surface area contributed by atoms with E-state index < -0.39 is 0 Å². The maximum atomic E-state index is 3.91. The van der Waals surface area contributed by atoms with Crippen LogP contribution < -0.4 is 4.57 Å². The van der Waals surface area contributed by atoms with E-state index in [2.05, 4.69) is 87.1 Å². The van der Waals surface area contributed by atoms with E-state index in [0.29, 0.717) is 0 Å². The summed E-state index contributed by atoms with van der Waals surface area (Å²) in [6, 6.07) is 17.0. The first-order valence-electron chi connectivity index (χ1n) is 7.14. The van der Waals surface area contributed by atoms with Crippen LogP contribution in [0.25, 0.3) is 22.4 Å². The lowest BCUT2D eigenvalue weighted by Gasteiger charge is -2.03. The van der Waals surface area contributed by atoms with Crippen LogP contribution in [0.3, 0.4) is 0 Å². The van der Waals surface area contributed by atoms with E-state index in [1.165, 1.54) is 22.4 Å². The number of halogens is 1. The van der Waals surface area contributed by atoms with Crippen molar-refractivity contribution in [3.05, 3.63) is 65.7 Å². The van der Waals surface area contributed by atoms with Gasteiger partial charge in [-0.25, -0.2) is 9.13 Å². The molecule has 0 aliphatic carbocycles. The molecule has 0 fully saturated rings. The zero-order valence-electron chi connectivity index (χ0n) is 12.1. The number of imidazole rings is 1. The van der Waals surface area contributed by atoms with Crippen LogP contribution in [0.4, 0.5) is 0 Å². The van der Waals surface area contributed by atoms with E-state index in [1.807, 2.05) is 6.08 Å². The maximum absolute atomic E-state index is 3.91. The molecule has 0 amide bonds. The molecule has 0 radical (unpaired) electrons. The van der Waals surface area contributed by atoms with Gasteiger partial charge in [-0.3, -0.25) is 0 Å². The fourth-order valence-corrected chi connectivity index (χ4v) is 3.10. The number of rotatable bonds is 4. The summed E-state index contributed by atoms with van der Waals surface area (Å²) >= 11 is 3.51. The minimum absolute atomic E-state index is 0.804. The predicted octanol–water partition coefficient (Wildman–Crippen LogP) is 4.56. The fourth-order valence-electron chi connectivity index (χ4n) is 2.84. The quantitative estimate of drug-likeness (QED) is 0.485. The molecule has 3 heteroatoms. The van der Waals surface area contributed by atoms with Crippen LogP contribution in [0.2, 0.25) is 0 Å². The highest BCUT2D eigenvalue weighted by atomic mass is 79.9. The largest absolute Gasteiger partial charge is 0.290 e. The first kappa shape index (κ1) is 14.1. The number of hydrogen-bond acceptors (Lipinski definition) is 0. The van der Waals surface area contributed by atoms with Gasteiger partial charge < -0.3 is 0 Å². The van der Waals surface area contributed by atoms with Crippen LogP contribution in [0.1, 0.15) is 6.92 Å². The lowest BCUT2D eigenvalue weighted by Crippen LogP contribution is -2.34. The van der Waals surface area contributed by atoms with E-state index in [4.69, 9.17) is 0 Å². The van der Waals surface area contributed by atoms with Gasteiger partial charge in [0, 0.05) is 4.47 Å². The monoisotopic (exact) mass is 341 g/mol. The molecule has 21 heavy (non-hydrogen) atoms. The van der Waals surface area contributed by atoms with Crippen molar-refractivity contribution in [3.63, 3.8) is 0 Å². The lowest BCUT2D eigenvalue weighted by atomic mass is 10.2. The number of aryl methyl sites for hydroxylation is 1. The number of para-hydroxylation sites is 2. The van der Waals surface area contributed by atoms with Gasteiger partial charge in [-0.2, -0.15) is 0 Å². The van der Waals surface area contributed by atoms with Gasteiger partial charge >= 0.3 is 0 Å². The number of hydrogen-bond donors (Lipinski definition) is 0. The topological polar surface area (TPSA) is 8.81 Å². The van der Waals surface area contributed by atoms with Gasteiger partial charge in [-0.05, 0) is 43.3 Å². The molecule has 3 rings (SSSR count). The van der Waals surface area contributed by atoms with E-state index >= 15 is 0 Å². The molecule has 0 atom stereocenters. The Bertz CT molecular complexity index is 785. The summed E-state index contributed by atoms with van der Waals surface area (Å²) < 4.78 is 5.79. The van der Waals surface area contributed by atoms with Gasteiger partial charge in [0.05, 0.1) is 12.1 Å². The van der Waals surface area contributed by atoms with Crippen molar-refractivity contribution < 1.29 is 4.57 Å². The fraction of sp³-hybridized carbons (Fsp3) is 0.167. The highest BCUT2D eigenvalue weighted by Gasteiger charge is 2.24. The molecule has 1 aromatic heterocycles. The molecular formula is C18H18BrN2+. The molecular weight excluding hydrogens is 324 g/mol. The summed E-state index contributed by atoms with van der Waals surface area (Å²) in [5.41, 5.74) is 3.73. The van der Waals surface area contributed by atoms with Crippen molar-refractivity contribution in [3.8, 4) is 11.4 Å². The van der Waals surface area contributed by atoms with Crippen LogP contribution in [0.15, 0.2) is 65.7 Å². The molecule has 0 aliphatic heterocycles. The van der Waals surface area contributed by atoms with Crippen molar-refractivity contribution >= 4 is 27.0 Å². The Hall–Kier alpha value is -1.87. The van der Waals surface area contributed by atoms with E-state index in [1.54, 1.807) is 0 Å². The third-order valence-electron chi connectivity index (χ3n) is 3.70. The zero-order valence-corrected chi connectivity index (χ0v) is 13.7. The molecule has 2 aromatic carbocycles. The molecule has 1 heterocycles. The number of aromatic nitrogens is 2. The predicted molar refractivity (Wildman–Crippen MR) is 91.1 cm³/mol. The summed E-state index contributed by atoms with van der Waals surface area (Å²) in [7, 11) is 0. The van der Waals surface area contributed by atoms with Crippen LogP contribution in [0, 0.1) is 0 Å². The Morgan fingerprint density at radius 3 is 2.52 bits per heavy atom. The average Bonchev–Trinajstić information content (AvgIpc) is 2.83. The van der Waals surface area contributed by atoms with Crippen molar-refractivity contribution in [2.45, 2.75) is 20.0 Å². The van der Waals surface area contributed by atoms with Crippen molar-refractivity contribution in [2.75, 3.05) is 0 Å². The molecule has 0 bridgehead atoms. The zero-order chi connectivity index (χ0) is 14.8. The van der Waals surface area contributed by atoms with Gasteiger partial charge in [0.2, 0.25) is 0 Å². The normalized spacial score (nSPS) is 11.0. The minimum atomic E-state index is 0.804. The van der Waals surface area contributed by atoms with Gasteiger partial charge in [-0.15, -0.1) is 0 Å². The van der Waals surface area contributed by atoms with Gasteiger partial charge in [0.25, 0.3) is 5.82 Å². The molecule has 0 N–H and O–H groups in total. The second-order valence-electron chi connectivity index (χ2n) is 4.96. The van der Waals surface area contributed by atoms with Crippen LogP contribution in [0.5, 0.6) is 0 Å². The van der Waals surface area contributed by atoms with Crippen LogP contribution in [-0.2, 0) is 13.1 Å². The molecule has 106 valence electrons. The number of allylic oxidation sites excluding steroid dienone is 1. The van der Waals surface area contributed by atoms with Crippen LogP contribution >= 0.6 is 15.9 Å². The summed E-state index contributed by atoms with van der Waals surface area (Å²) in [6.07, 6.45) is 1.95. The molecule has 0 spiro atoms. The Labute approximate surface area is 133 Å². The smallest absolute Gasteiger partial charge is 0.223 e. The Morgan fingerprint density at radius 2 is 1.86 bits per heavy atom. The van der Waals surface area contributed by atoms with Crippen molar-refractivity contribution in [2.24, 2.45) is 0 Å². The number of benzene rings is 2. The average molecular weight is 342 g/mol. The Kier molecular flexibility index (Phi) is 3.93. The van der Waals surface area contributed by atoms with Gasteiger partial charge in [0.15, 0.2) is 11.0 Å². The van der Waals surface area contributed by atoms with Gasteiger partial charge in [0.1, 0.15) is 6.54 Å². The first-order valence-corrected chi connectivity index (χ1v) is 7.93. The van der Waals surface area contributed by atoms with Crippen molar-refractivity contribution in [1.29, 1.82) is 0 Å². The van der Waals surface area contributed by atoms with Gasteiger partial charge in [-0.1, -0.05) is 40.7 Å². The SMILES string of the molecule is C=CC[n+]1c(-c2ccc(Br)cc2)n(CC)c2ccccc21. The summed E-state index contributed by atoms with van der Waals surface area (Å²) in [5, 5.41) is 0. The van der Waals surface area contributed by atoms with Crippen molar-refractivity contribution in [1.82, 2.24) is 4.57 Å². The molecule has 0 unspecified atom stereocenters. The van der Waals surface area contributed by atoms with Crippen LogP contribution in [-0.4, -0.2) is 4.57 Å². The highest BCUT2D eigenvalue weighted by molar-refractivity contribution is 9.10. The lowest BCUT2D eigenvalue weighted by molar-refractivity contribution is -0.650. The molecule has 3 aromatic rings. The number of fused-ring (bicyclic) bond motifs is 1. The summed E-state index contributed by atoms with van der Waals surface area (Å²) in [4.78, 5) is 0. The number of nitrogens with zero attached hydrogens (tertiary/aromatic N) is 2. The van der Waals surface area contributed by atoms with E-state index in [0.717, 1.165) is 17.6 Å². The third kappa shape index (κ3) is 2.42. The summed E-state index contributed by atoms with van der Waals surface area (Å²) in [6.45, 7) is 7.84. The van der Waals surface area contributed by atoms with E-state index in [-0.39, 0.29) is 0 Å². The highest BCUT2D eigenvalue weighted by Crippen LogP contribution is 2.24. The Morgan fingerprint density at radius 1 is 1.14 bits per heavy atom. The third-order valence-corrected chi connectivity index (χ3v) is 4.23. The summed E-state index contributed by atoms with van der Waals surface area (Å²) in [5.74, 6) is 1.23.